The van der Waals surface area contributed by atoms with Gasteiger partial charge in [-0.3, -0.25) is 0 Å². The van der Waals surface area contributed by atoms with Crippen molar-refractivity contribution < 1.29 is 23.8 Å². The second-order valence-electron chi connectivity index (χ2n) is 4.35. The SMILES string of the molecule is COCCOc1ncc(C(=O)O)cc1-c1ccc(Cl)c(F)c1. The molecule has 2 rings (SSSR count). The number of hydrogen-bond acceptors (Lipinski definition) is 4. The van der Waals surface area contributed by atoms with Crippen LogP contribution in [0.3, 0.4) is 0 Å². The van der Waals surface area contributed by atoms with E-state index in [1.807, 2.05) is 0 Å². The van der Waals surface area contributed by atoms with E-state index < -0.39 is 11.8 Å². The Morgan fingerprint density at radius 1 is 1.36 bits per heavy atom. The Morgan fingerprint density at radius 3 is 2.77 bits per heavy atom. The summed E-state index contributed by atoms with van der Waals surface area (Å²) in [5.74, 6) is -1.54. The Morgan fingerprint density at radius 2 is 2.14 bits per heavy atom. The Kier molecular flexibility index (Phi) is 5.30. The van der Waals surface area contributed by atoms with E-state index in [1.54, 1.807) is 6.07 Å². The number of carboxylic acid groups (broad SMARTS) is 1. The van der Waals surface area contributed by atoms with Crippen LogP contribution in [0.5, 0.6) is 5.88 Å². The molecule has 1 heterocycles. The zero-order valence-electron chi connectivity index (χ0n) is 11.7. The van der Waals surface area contributed by atoms with E-state index in [9.17, 15) is 9.18 Å². The van der Waals surface area contributed by atoms with Gasteiger partial charge in [0, 0.05) is 18.9 Å². The van der Waals surface area contributed by atoms with Gasteiger partial charge in [-0.15, -0.1) is 0 Å². The number of aromatic carboxylic acids is 1. The molecule has 7 heteroatoms. The average molecular weight is 326 g/mol. The lowest BCUT2D eigenvalue weighted by atomic mass is 10.1. The number of aromatic nitrogens is 1. The van der Waals surface area contributed by atoms with Gasteiger partial charge in [0.25, 0.3) is 0 Å². The van der Waals surface area contributed by atoms with E-state index in [2.05, 4.69) is 4.98 Å². The van der Waals surface area contributed by atoms with Gasteiger partial charge in [0.15, 0.2) is 0 Å². The summed E-state index contributed by atoms with van der Waals surface area (Å²) in [7, 11) is 1.53. The van der Waals surface area contributed by atoms with Crippen LogP contribution in [0.2, 0.25) is 5.02 Å². The van der Waals surface area contributed by atoms with Crippen LogP contribution in [0, 0.1) is 5.82 Å². The van der Waals surface area contributed by atoms with Gasteiger partial charge in [0.05, 0.1) is 17.2 Å². The third-order valence-electron chi connectivity index (χ3n) is 2.85. The molecular weight excluding hydrogens is 313 g/mol. The number of carbonyl (C=O) groups is 1. The van der Waals surface area contributed by atoms with Crippen LogP contribution < -0.4 is 4.74 Å². The smallest absolute Gasteiger partial charge is 0.337 e. The Bertz CT molecular complexity index is 693. The molecule has 0 aliphatic carbocycles. The van der Waals surface area contributed by atoms with Crippen molar-refractivity contribution in [2.45, 2.75) is 0 Å². The first-order valence-corrected chi connectivity index (χ1v) is 6.71. The molecule has 0 amide bonds. The summed E-state index contributed by atoms with van der Waals surface area (Å²) >= 11 is 5.66. The number of nitrogens with zero attached hydrogens (tertiary/aromatic N) is 1. The molecule has 1 aromatic heterocycles. The molecule has 0 fully saturated rings. The molecule has 0 aliphatic heterocycles. The van der Waals surface area contributed by atoms with E-state index in [0.717, 1.165) is 0 Å². The van der Waals surface area contributed by atoms with Crippen LogP contribution in [0.25, 0.3) is 11.1 Å². The number of ether oxygens (including phenoxy) is 2. The number of carboxylic acids is 1. The molecule has 0 saturated heterocycles. The van der Waals surface area contributed by atoms with Crippen molar-refractivity contribution in [2.24, 2.45) is 0 Å². The number of rotatable bonds is 6. The normalized spacial score (nSPS) is 10.5. The lowest BCUT2D eigenvalue weighted by molar-refractivity contribution is 0.0696. The van der Waals surface area contributed by atoms with Gasteiger partial charge in [0.1, 0.15) is 12.4 Å². The minimum absolute atomic E-state index is 0.0204. The number of methoxy groups -OCH3 is 1. The van der Waals surface area contributed by atoms with Gasteiger partial charge in [-0.25, -0.2) is 14.2 Å². The molecule has 0 radical (unpaired) electrons. The standard InChI is InChI=1S/C15H13ClFNO4/c1-21-4-5-22-14-11(6-10(8-18-14)15(19)20)9-2-3-12(16)13(17)7-9/h2-3,6-8H,4-5H2,1H3,(H,19,20). The fourth-order valence-electron chi connectivity index (χ4n) is 1.78. The summed E-state index contributed by atoms with van der Waals surface area (Å²) in [6.45, 7) is 0.579. The fourth-order valence-corrected chi connectivity index (χ4v) is 1.89. The van der Waals surface area contributed by atoms with Crippen LogP contribution >= 0.6 is 11.6 Å². The Labute approximate surface area is 131 Å². The van der Waals surface area contributed by atoms with Gasteiger partial charge in [-0.05, 0) is 23.8 Å². The third kappa shape index (κ3) is 3.72. The maximum absolute atomic E-state index is 13.6. The number of benzene rings is 1. The maximum atomic E-state index is 13.6. The fraction of sp³-hybridized carbons (Fsp3) is 0.200. The lowest BCUT2D eigenvalue weighted by Gasteiger charge is -2.11. The van der Waals surface area contributed by atoms with Crippen molar-refractivity contribution in [3.05, 3.63) is 46.9 Å². The highest BCUT2D eigenvalue weighted by atomic mass is 35.5. The first kappa shape index (κ1) is 16.2. The molecule has 0 unspecified atom stereocenters. The van der Waals surface area contributed by atoms with E-state index in [4.69, 9.17) is 26.2 Å². The summed E-state index contributed by atoms with van der Waals surface area (Å²) in [6.07, 6.45) is 1.18. The van der Waals surface area contributed by atoms with Crippen LogP contribution in [0.1, 0.15) is 10.4 Å². The molecule has 2 aromatic rings. The van der Waals surface area contributed by atoms with Crippen LogP contribution in [-0.4, -0.2) is 36.4 Å². The summed E-state index contributed by atoms with van der Waals surface area (Å²) < 4.78 is 24.0. The summed E-state index contributed by atoms with van der Waals surface area (Å²) in [4.78, 5) is 15.1. The van der Waals surface area contributed by atoms with Crippen molar-refractivity contribution in [1.82, 2.24) is 4.98 Å². The van der Waals surface area contributed by atoms with Gasteiger partial charge in [-0.2, -0.15) is 0 Å². The summed E-state index contributed by atoms with van der Waals surface area (Å²) in [5.41, 5.74) is 0.765. The summed E-state index contributed by atoms with van der Waals surface area (Å²) in [5, 5.41) is 9.04. The molecule has 0 spiro atoms. The number of hydrogen-bond donors (Lipinski definition) is 1. The molecule has 1 aromatic carbocycles. The monoisotopic (exact) mass is 325 g/mol. The predicted molar refractivity (Wildman–Crippen MR) is 79.0 cm³/mol. The topological polar surface area (TPSA) is 68.7 Å². The molecule has 1 N–H and O–H groups in total. The van der Waals surface area contributed by atoms with Gasteiger partial charge in [0.2, 0.25) is 5.88 Å². The highest BCUT2D eigenvalue weighted by molar-refractivity contribution is 6.30. The highest BCUT2D eigenvalue weighted by Crippen LogP contribution is 2.31. The quantitative estimate of drug-likeness (QED) is 0.826. The van der Waals surface area contributed by atoms with Crippen molar-refractivity contribution in [3.8, 4) is 17.0 Å². The number of pyridine rings is 1. The van der Waals surface area contributed by atoms with Crippen molar-refractivity contribution in [3.63, 3.8) is 0 Å². The Balaban J connectivity index is 2.45. The van der Waals surface area contributed by atoms with E-state index in [0.29, 0.717) is 17.7 Å². The molecular formula is C15H13ClFNO4. The first-order valence-electron chi connectivity index (χ1n) is 6.33. The largest absolute Gasteiger partial charge is 0.478 e. The van der Waals surface area contributed by atoms with Crippen molar-refractivity contribution in [2.75, 3.05) is 20.3 Å². The van der Waals surface area contributed by atoms with E-state index >= 15 is 0 Å². The number of halogens is 2. The Hall–Kier alpha value is -2.18. The van der Waals surface area contributed by atoms with Gasteiger partial charge < -0.3 is 14.6 Å². The zero-order valence-corrected chi connectivity index (χ0v) is 12.4. The van der Waals surface area contributed by atoms with Gasteiger partial charge in [-0.1, -0.05) is 17.7 Å². The zero-order chi connectivity index (χ0) is 16.1. The molecule has 0 aliphatic rings. The van der Waals surface area contributed by atoms with Crippen molar-refractivity contribution >= 4 is 17.6 Å². The molecule has 5 nitrogen and oxygen atoms in total. The molecule has 0 atom stereocenters. The van der Waals surface area contributed by atoms with Crippen LogP contribution in [0.15, 0.2) is 30.5 Å². The van der Waals surface area contributed by atoms with Gasteiger partial charge >= 0.3 is 5.97 Å². The second kappa shape index (κ2) is 7.20. The maximum Gasteiger partial charge on any atom is 0.337 e. The molecule has 116 valence electrons. The average Bonchev–Trinajstić information content (AvgIpc) is 2.50. The van der Waals surface area contributed by atoms with E-state index in [-0.39, 0.29) is 23.1 Å². The molecule has 0 bridgehead atoms. The van der Waals surface area contributed by atoms with E-state index in [1.165, 1.54) is 31.5 Å². The third-order valence-corrected chi connectivity index (χ3v) is 3.16. The van der Waals surface area contributed by atoms with Crippen molar-refractivity contribution in [1.29, 1.82) is 0 Å². The summed E-state index contributed by atoms with van der Waals surface area (Å²) in [6, 6.07) is 5.53. The van der Waals surface area contributed by atoms with Crippen LogP contribution in [-0.2, 0) is 4.74 Å². The first-order chi connectivity index (χ1) is 10.5. The lowest BCUT2D eigenvalue weighted by Crippen LogP contribution is -2.07. The minimum Gasteiger partial charge on any atom is -0.478 e. The highest BCUT2D eigenvalue weighted by Gasteiger charge is 2.14. The molecule has 0 saturated carbocycles. The minimum atomic E-state index is -1.13. The van der Waals surface area contributed by atoms with Crippen LogP contribution in [0.4, 0.5) is 4.39 Å². The molecule has 22 heavy (non-hydrogen) atoms. The predicted octanol–water partition coefficient (Wildman–Crippen LogP) is 3.26. The second-order valence-corrected chi connectivity index (χ2v) is 4.76.